The van der Waals surface area contributed by atoms with Gasteiger partial charge < -0.3 is 10.0 Å². The monoisotopic (exact) mass is 198 g/mol. The Labute approximate surface area is 96.1 Å². The number of benzene rings is 1. The van der Waals surface area contributed by atoms with Gasteiger partial charge in [-0.3, -0.25) is 0 Å². The van der Waals surface area contributed by atoms with Crippen molar-refractivity contribution in [3.63, 3.8) is 0 Å². The van der Waals surface area contributed by atoms with Gasteiger partial charge in [0.25, 0.3) is 0 Å². The summed E-state index contributed by atoms with van der Waals surface area (Å²) >= 11 is -1.84. The molecule has 0 radical (unpaired) electrons. The van der Waals surface area contributed by atoms with Crippen LogP contribution < -0.4 is 0 Å². The van der Waals surface area contributed by atoms with Crippen LogP contribution in [0.2, 0.25) is 0 Å². The maximum atomic E-state index is 10.4. The first-order chi connectivity index (χ1) is 4.70. The van der Waals surface area contributed by atoms with E-state index >= 15 is 0 Å². The van der Waals surface area contributed by atoms with Crippen molar-refractivity contribution in [2.75, 3.05) is 0 Å². The molecule has 0 bridgehead atoms. The zero-order chi connectivity index (χ0) is 7.56. The van der Waals surface area contributed by atoms with Crippen LogP contribution in [0.3, 0.4) is 0 Å². The van der Waals surface area contributed by atoms with E-state index in [1.807, 2.05) is 19.1 Å². The van der Waals surface area contributed by atoms with Gasteiger partial charge in [0.05, 0.1) is 4.90 Å². The maximum absolute atomic E-state index is 10.4. The van der Waals surface area contributed by atoms with Gasteiger partial charge in [0.2, 0.25) is 0 Å². The second kappa shape index (κ2) is 6.77. The molecule has 1 aromatic carbocycles. The fourth-order valence-corrected chi connectivity index (χ4v) is 1.02. The molecule has 3 nitrogen and oxygen atoms in total. The van der Waals surface area contributed by atoms with Gasteiger partial charge in [-0.1, -0.05) is 17.7 Å². The van der Waals surface area contributed by atoms with Crippen molar-refractivity contribution < 1.29 is 14.2 Å². The topological polar surface area (TPSA) is 68.8 Å². The average Bonchev–Trinajstić information content (AvgIpc) is 1.88. The predicted octanol–water partition coefficient (Wildman–Crippen LogP) is 0.102. The fourth-order valence-electron chi connectivity index (χ4n) is 0.655. The molecule has 12 heavy (non-hydrogen) atoms. The minimum atomic E-state index is -1.84. The van der Waals surface area contributed by atoms with Gasteiger partial charge in [0.1, 0.15) is 0 Å². The van der Waals surface area contributed by atoms with E-state index in [9.17, 15) is 4.21 Å². The molecule has 0 fully saturated rings. The molecule has 3 N–H and O–H groups in total. The van der Waals surface area contributed by atoms with E-state index in [4.69, 9.17) is 4.55 Å². The average molecular weight is 198 g/mol. The van der Waals surface area contributed by atoms with Crippen LogP contribution in [0.15, 0.2) is 29.2 Å². The molecule has 64 valence electrons. The zero-order valence-corrected chi connectivity index (χ0v) is 6.89. The van der Waals surface area contributed by atoms with Crippen LogP contribution in [0.25, 0.3) is 0 Å². The summed E-state index contributed by atoms with van der Waals surface area (Å²) < 4.78 is 19.0. The van der Waals surface area contributed by atoms with Gasteiger partial charge in [-0.15, -0.1) is 0 Å². The molecular formula is C7H11NaO3S. The van der Waals surface area contributed by atoms with Gasteiger partial charge in [-0.25, -0.2) is 4.21 Å². The molecule has 1 atom stereocenters. The summed E-state index contributed by atoms with van der Waals surface area (Å²) in [6, 6.07) is 6.91. The van der Waals surface area contributed by atoms with Crippen molar-refractivity contribution in [2.45, 2.75) is 11.8 Å². The van der Waals surface area contributed by atoms with Crippen molar-refractivity contribution in [3.05, 3.63) is 29.8 Å². The van der Waals surface area contributed by atoms with Crippen LogP contribution in [0.5, 0.6) is 0 Å². The fraction of sp³-hybridized carbons (Fsp3) is 0.143. The Bertz CT molecular complexity index is 247. The number of hydrogen-bond donors (Lipinski definition) is 1. The van der Waals surface area contributed by atoms with Crippen LogP contribution in [0.4, 0.5) is 0 Å². The van der Waals surface area contributed by atoms with E-state index in [0.29, 0.717) is 4.90 Å². The molecule has 1 unspecified atom stereocenters. The summed E-state index contributed by atoms with van der Waals surface area (Å²) in [6.45, 7) is 1.93. The minimum absolute atomic E-state index is 0. The summed E-state index contributed by atoms with van der Waals surface area (Å²) in [6.07, 6.45) is 0. The Kier molecular flexibility index (Phi) is 8.34. The van der Waals surface area contributed by atoms with E-state index in [1.165, 1.54) is 0 Å². The molecule has 1 rings (SSSR count). The molecule has 5 heteroatoms. The van der Waals surface area contributed by atoms with Gasteiger partial charge in [0, 0.05) is 0 Å². The van der Waals surface area contributed by atoms with Crippen LogP contribution in [-0.4, -0.2) is 43.8 Å². The van der Waals surface area contributed by atoms with Crippen molar-refractivity contribution in [1.29, 1.82) is 0 Å². The first-order valence-electron chi connectivity index (χ1n) is 2.87. The molecule has 0 aliphatic rings. The molecule has 0 aliphatic carbocycles. The summed E-state index contributed by atoms with van der Waals surface area (Å²) in [7, 11) is 0. The van der Waals surface area contributed by atoms with E-state index in [-0.39, 0.29) is 35.0 Å². The summed E-state index contributed by atoms with van der Waals surface area (Å²) in [4.78, 5) is 0.450. The summed E-state index contributed by atoms with van der Waals surface area (Å²) in [5.74, 6) is 0. The first kappa shape index (κ1) is 14.8. The Balaban J connectivity index is 0. The van der Waals surface area contributed by atoms with Gasteiger partial charge >= 0.3 is 29.6 Å². The van der Waals surface area contributed by atoms with Gasteiger partial charge in [-0.2, -0.15) is 0 Å². The van der Waals surface area contributed by atoms with Crippen molar-refractivity contribution in [2.24, 2.45) is 0 Å². The molecule has 0 saturated carbocycles. The van der Waals surface area contributed by atoms with Crippen LogP contribution in [-0.2, 0) is 11.1 Å². The second-order valence-electron chi connectivity index (χ2n) is 2.06. The molecule has 0 saturated heterocycles. The van der Waals surface area contributed by atoms with Gasteiger partial charge in [0.15, 0.2) is 11.1 Å². The Morgan fingerprint density at radius 1 is 1.25 bits per heavy atom. The zero-order valence-electron chi connectivity index (χ0n) is 6.07. The summed E-state index contributed by atoms with van der Waals surface area (Å²) in [5.41, 5.74) is 1.09. The summed E-state index contributed by atoms with van der Waals surface area (Å²) in [5, 5.41) is 0. The number of aryl methyl sites for hydroxylation is 1. The molecule has 0 aliphatic heterocycles. The van der Waals surface area contributed by atoms with Crippen molar-refractivity contribution in [3.8, 4) is 0 Å². The quantitative estimate of drug-likeness (QED) is 0.513. The Morgan fingerprint density at radius 2 is 1.67 bits per heavy atom. The SMILES string of the molecule is Cc1ccc(S(=O)O)cc1.O.[NaH]. The second-order valence-corrected chi connectivity index (χ2v) is 3.03. The normalized spacial score (nSPS) is 10.8. The molecular weight excluding hydrogens is 187 g/mol. The third kappa shape index (κ3) is 4.35. The Hall–Kier alpha value is 0.290. The van der Waals surface area contributed by atoms with Crippen LogP contribution >= 0.6 is 0 Å². The Morgan fingerprint density at radius 3 is 2.00 bits per heavy atom. The number of hydrogen-bond acceptors (Lipinski definition) is 1. The molecule has 1 aromatic rings. The van der Waals surface area contributed by atoms with E-state index in [0.717, 1.165) is 5.56 Å². The standard InChI is InChI=1S/C7H8O2S.Na.H2O.H/c1-6-2-4-7(5-3-6)10(8)9;;;/h2-5H,1H3,(H,8,9);;1H2;. The van der Waals surface area contributed by atoms with E-state index < -0.39 is 11.1 Å². The predicted molar refractivity (Wildman–Crippen MR) is 51.0 cm³/mol. The van der Waals surface area contributed by atoms with Gasteiger partial charge in [-0.05, 0) is 19.1 Å². The molecule has 0 amide bonds. The van der Waals surface area contributed by atoms with Crippen LogP contribution in [0, 0.1) is 6.92 Å². The third-order valence-corrected chi connectivity index (χ3v) is 1.90. The molecule has 0 heterocycles. The van der Waals surface area contributed by atoms with E-state index in [2.05, 4.69) is 0 Å². The number of rotatable bonds is 1. The van der Waals surface area contributed by atoms with E-state index in [1.54, 1.807) is 12.1 Å². The molecule has 0 spiro atoms. The van der Waals surface area contributed by atoms with Crippen molar-refractivity contribution in [1.82, 2.24) is 0 Å². The van der Waals surface area contributed by atoms with Crippen molar-refractivity contribution >= 4 is 40.6 Å². The third-order valence-electron chi connectivity index (χ3n) is 1.22. The van der Waals surface area contributed by atoms with Crippen LogP contribution in [0.1, 0.15) is 5.56 Å². The molecule has 0 aromatic heterocycles. The first-order valence-corrected chi connectivity index (χ1v) is 3.98.